The number of morpholine rings is 1. The molecule has 8 heteroatoms. The van der Waals surface area contributed by atoms with Crippen molar-refractivity contribution in [3.8, 4) is 0 Å². The Balaban J connectivity index is 1.62. The first-order valence-electron chi connectivity index (χ1n) is 8.95. The number of piperidine rings is 1. The first-order chi connectivity index (χ1) is 12.6. The number of hydrogen-bond donors (Lipinski definition) is 0. The van der Waals surface area contributed by atoms with Crippen LogP contribution in [0.3, 0.4) is 0 Å². The van der Waals surface area contributed by atoms with Crippen LogP contribution in [0.4, 0.5) is 0 Å². The number of thiophene rings is 1. The predicted molar refractivity (Wildman–Crippen MR) is 95.4 cm³/mol. The molecule has 2 fully saturated rings. The molecule has 0 spiro atoms. The molecule has 3 heterocycles. The van der Waals surface area contributed by atoms with E-state index in [1.807, 2.05) is 17.5 Å². The second-order valence-electron chi connectivity index (χ2n) is 6.48. The maximum atomic E-state index is 13.0. The average molecular weight is 380 g/mol. The second kappa shape index (κ2) is 8.64. The van der Waals surface area contributed by atoms with Gasteiger partial charge in [0.2, 0.25) is 11.8 Å². The third-order valence-corrected chi connectivity index (χ3v) is 5.68. The van der Waals surface area contributed by atoms with E-state index in [4.69, 9.17) is 9.47 Å². The van der Waals surface area contributed by atoms with Crippen LogP contribution < -0.4 is 0 Å². The third-order valence-electron chi connectivity index (χ3n) is 4.82. The molecule has 2 saturated heterocycles. The van der Waals surface area contributed by atoms with Gasteiger partial charge in [-0.2, -0.15) is 0 Å². The molecule has 3 rings (SSSR count). The van der Waals surface area contributed by atoms with E-state index in [0.29, 0.717) is 39.1 Å². The molecule has 2 aliphatic heterocycles. The van der Waals surface area contributed by atoms with Gasteiger partial charge in [0.15, 0.2) is 0 Å². The van der Waals surface area contributed by atoms with Crippen LogP contribution in [0.1, 0.15) is 24.6 Å². The summed E-state index contributed by atoms with van der Waals surface area (Å²) >= 11 is 1.57. The van der Waals surface area contributed by atoms with Crippen LogP contribution >= 0.6 is 11.3 Å². The summed E-state index contributed by atoms with van der Waals surface area (Å²) in [4.78, 5) is 41.5. The Hall–Kier alpha value is -1.93. The number of nitrogens with zero attached hydrogens (tertiary/aromatic N) is 2. The van der Waals surface area contributed by atoms with Gasteiger partial charge in [0.1, 0.15) is 12.6 Å². The maximum absolute atomic E-state index is 13.0. The smallest absolute Gasteiger partial charge is 0.309 e. The molecule has 0 aliphatic carbocycles. The standard InChI is InChI=1S/C18H24N2O5S/c1-2-25-18(23)13-5-7-19(8-6-13)17(22)15-11-24-12-16(21)20(15)10-14-4-3-9-26-14/h3-4,9,13,15H,2,5-8,10-12H2,1H3. The third kappa shape index (κ3) is 4.24. The van der Waals surface area contributed by atoms with Crippen LogP contribution in [0.25, 0.3) is 0 Å². The lowest BCUT2D eigenvalue weighted by molar-refractivity contribution is -0.161. The van der Waals surface area contributed by atoms with Crippen molar-refractivity contribution in [3.63, 3.8) is 0 Å². The molecule has 26 heavy (non-hydrogen) atoms. The van der Waals surface area contributed by atoms with Crippen LogP contribution in [0.5, 0.6) is 0 Å². The average Bonchev–Trinajstić information content (AvgIpc) is 3.16. The van der Waals surface area contributed by atoms with Gasteiger partial charge in [-0.25, -0.2) is 0 Å². The van der Waals surface area contributed by atoms with Crippen LogP contribution in [-0.4, -0.2) is 66.5 Å². The molecule has 0 saturated carbocycles. The number of esters is 1. The fourth-order valence-electron chi connectivity index (χ4n) is 3.38. The van der Waals surface area contributed by atoms with E-state index in [-0.39, 0.29) is 36.9 Å². The summed E-state index contributed by atoms with van der Waals surface area (Å²) in [5, 5.41) is 1.96. The Labute approximate surface area is 156 Å². The minimum Gasteiger partial charge on any atom is -0.466 e. The lowest BCUT2D eigenvalue weighted by Crippen LogP contribution is -2.57. The minimum absolute atomic E-state index is 0.0140. The van der Waals surface area contributed by atoms with Crippen molar-refractivity contribution in [1.29, 1.82) is 0 Å². The highest BCUT2D eigenvalue weighted by atomic mass is 32.1. The van der Waals surface area contributed by atoms with Gasteiger partial charge < -0.3 is 19.3 Å². The number of hydrogen-bond acceptors (Lipinski definition) is 6. The summed E-state index contributed by atoms with van der Waals surface area (Å²) in [6, 6.07) is 3.29. The van der Waals surface area contributed by atoms with Crippen molar-refractivity contribution in [2.24, 2.45) is 5.92 Å². The van der Waals surface area contributed by atoms with E-state index in [1.54, 1.807) is 28.1 Å². The maximum Gasteiger partial charge on any atom is 0.309 e. The minimum atomic E-state index is -0.600. The monoisotopic (exact) mass is 380 g/mol. The van der Waals surface area contributed by atoms with Crippen LogP contribution in [0.15, 0.2) is 17.5 Å². The zero-order valence-corrected chi connectivity index (χ0v) is 15.7. The lowest BCUT2D eigenvalue weighted by Gasteiger charge is -2.39. The van der Waals surface area contributed by atoms with E-state index in [1.165, 1.54) is 0 Å². The van der Waals surface area contributed by atoms with Crippen molar-refractivity contribution in [1.82, 2.24) is 9.80 Å². The van der Waals surface area contributed by atoms with E-state index in [9.17, 15) is 14.4 Å². The predicted octanol–water partition coefficient (Wildman–Crippen LogP) is 1.28. The van der Waals surface area contributed by atoms with E-state index in [0.717, 1.165) is 4.88 Å². The van der Waals surface area contributed by atoms with Gasteiger partial charge in [-0.1, -0.05) is 6.07 Å². The van der Waals surface area contributed by atoms with E-state index >= 15 is 0 Å². The second-order valence-corrected chi connectivity index (χ2v) is 7.52. The molecule has 0 N–H and O–H groups in total. The number of likely N-dealkylation sites (tertiary alicyclic amines) is 1. The molecule has 2 aliphatic rings. The molecule has 0 bridgehead atoms. The Morgan fingerprint density at radius 2 is 2.12 bits per heavy atom. The molecule has 2 amide bonds. The van der Waals surface area contributed by atoms with Gasteiger partial charge in [0, 0.05) is 18.0 Å². The molecule has 1 aromatic rings. The Kier molecular flexibility index (Phi) is 6.26. The topological polar surface area (TPSA) is 76.1 Å². The summed E-state index contributed by atoms with van der Waals surface area (Å²) in [5.41, 5.74) is 0. The quantitative estimate of drug-likeness (QED) is 0.719. The molecule has 7 nitrogen and oxygen atoms in total. The molecule has 142 valence electrons. The van der Waals surface area contributed by atoms with E-state index in [2.05, 4.69) is 0 Å². The van der Waals surface area contributed by atoms with Gasteiger partial charge in [-0.15, -0.1) is 11.3 Å². The van der Waals surface area contributed by atoms with Crippen molar-refractivity contribution in [2.45, 2.75) is 32.4 Å². The molecule has 0 radical (unpaired) electrons. The largest absolute Gasteiger partial charge is 0.466 e. The molecule has 0 aromatic carbocycles. The summed E-state index contributed by atoms with van der Waals surface area (Å²) in [7, 11) is 0. The summed E-state index contributed by atoms with van der Waals surface area (Å²) < 4.78 is 10.4. The summed E-state index contributed by atoms with van der Waals surface area (Å²) in [6.07, 6.45) is 1.19. The fraction of sp³-hybridized carbons (Fsp3) is 0.611. The van der Waals surface area contributed by atoms with Gasteiger partial charge >= 0.3 is 5.97 Å². The van der Waals surface area contributed by atoms with Gasteiger partial charge in [0.05, 0.1) is 25.7 Å². The number of ether oxygens (including phenoxy) is 2. The van der Waals surface area contributed by atoms with Crippen molar-refractivity contribution >= 4 is 29.1 Å². The lowest BCUT2D eigenvalue weighted by atomic mass is 9.96. The van der Waals surface area contributed by atoms with Gasteiger partial charge in [-0.3, -0.25) is 14.4 Å². The van der Waals surface area contributed by atoms with Crippen LogP contribution in [0, 0.1) is 5.92 Å². The SMILES string of the molecule is CCOC(=O)C1CCN(C(=O)C2COCC(=O)N2Cc2cccs2)CC1. The van der Waals surface area contributed by atoms with Crippen LogP contribution in [0.2, 0.25) is 0 Å². The van der Waals surface area contributed by atoms with Crippen molar-refractivity contribution < 1.29 is 23.9 Å². The first kappa shape index (κ1) is 18.8. The fourth-order valence-corrected chi connectivity index (χ4v) is 4.09. The molecular weight excluding hydrogens is 356 g/mol. The number of carbonyl (C=O) groups is 3. The van der Waals surface area contributed by atoms with Gasteiger partial charge in [0.25, 0.3) is 0 Å². The summed E-state index contributed by atoms with van der Waals surface area (Å²) in [5.74, 6) is -0.595. The molecule has 1 aromatic heterocycles. The number of amides is 2. The highest BCUT2D eigenvalue weighted by molar-refractivity contribution is 7.09. The zero-order valence-electron chi connectivity index (χ0n) is 14.9. The molecule has 1 atom stereocenters. The number of rotatable bonds is 5. The first-order valence-corrected chi connectivity index (χ1v) is 9.83. The Morgan fingerprint density at radius 3 is 2.77 bits per heavy atom. The Bertz CT molecular complexity index is 640. The highest BCUT2D eigenvalue weighted by Crippen LogP contribution is 2.23. The van der Waals surface area contributed by atoms with Crippen LogP contribution in [-0.2, 0) is 30.4 Å². The highest BCUT2D eigenvalue weighted by Gasteiger charge is 2.38. The van der Waals surface area contributed by atoms with Crippen molar-refractivity contribution in [2.75, 3.05) is 32.9 Å². The molecular formula is C18H24N2O5S. The van der Waals surface area contributed by atoms with Gasteiger partial charge in [-0.05, 0) is 31.2 Å². The van der Waals surface area contributed by atoms with Crippen molar-refractivity contribution in [3.05, 3.63) is 22.4 Å². The summed E-state index contributed by atoms with van der Waals surface area (Å²) in [6.45, 7) is 3.82. The molecule has 1 unspecified atom stereocenters. The Morgan fingerprint density at radius 1 is 1.35 bits per heavy atom. The number of carbonyl (C=O) groups excluding carboxylic acids is 3. The van der Waals surface area contributed by atoms with E-state index < -0.39 is 6.04 Å². The normalized spacial score (nSPS) is 21.7. The zero-order chi connectivity index (χ0) is 18.5.